The minimum atomic E-state index is 0.572. The molecule has 0 amide bonds. The first kappa shape index (κ1) is 7.79. The predicted octanol–water partition coefficient (Wildman–Crippen LogP) is 1.66. The first-order chi connectivity index (χ1) is 6.75. The van der Waals surface area contributed by atoms with E-state index in [0.717, 1.165) is 16.7 Å². The molecule has 2 aromatic rings. The lowest BCUT2D eigenvalue weighted by molar-refractivity contribution is 0.652. The summed E-state index contributed by atoms with van der Waals surface area (Å²) >= 11 is 0. The number of hydrogen-bond acceptors (Lipinski definition) is 3. The van der Waals surface area contributed by atoms with Crippen molar-refractivity contribution < 1.29 is 0 Å². The molecule has 0 radical (unpaired) electrons. The quantitative estimate of drug-likeness (QED) is 0.740. The van der Waals surface area contributed by atoms with E-state index in [9.17, 15) is 0 Å². The van der Waals surface area contributed by atoms with Crippen molar-refractivity contribution in [3.05, 3.63) is 18.0 Å². The SMILES string of the molecule is Cc1nn(C2CC2)c2ncc(N)cc12. The maximum absolute atomic E-state index is 5.69. The topological polar surface area (TPSA) is 56.7 Å². The smallest absolute Gasteiger partial charge is 0.158 e. The van der Waals surface area contributed by atoms with Gasteiger partial charge in [-0.2, -0.15) is 5.10 Å². The Hall–Kier alpha value is -1.58. The number of anilines is 1. The van der Waals surface area contributed by atoms with Gasteiger partial charge in [-0.05, 0) is 25.8 Å². The highest BCUT2D eigenvalue weighted by molar-refractivity contribution is 5.81. The lowest BCUT2D eigenvalue weighted by Crippen LogP contribution is -1.97. The van der Waals surface area contributed by atoms with Crippen LogP contribution in [0.1, 0.15) is 24.6 Å². The number of aromatic nitrogens is 3. The summed E-state index contributed by atoms with van der Waals surface area (Å²) in [5.41, 5.74) is 8.39. The molecule has 0 aliphatic heterocycles. The molecule has 3 rings (SSSR count). The summed E-state index contributed by atoms with van der Waals surface area (Å²) in [6, 6.07) is 2.52. The molecule has 0 saturated heterocycles. The lowest BCUT2D eigenvalue weighted by Gasteiger charge is -1.98. The van der Waals surface area contributed by atoms with E-state index >= 15 is 0 Å². The fourth-order valence-electron chi connectivity index (χ4n) is 1.76. The highest BCUT2D eigenvalue weighted by Gasteiger charge is 2.27. The first-order valence-corrected chi connectivity index (χ1v) is 4.86. The van der Waals surface area contributed by atoms with Crippen molar-refractivity contribution in [1.82, 2.24) is 14.8 Å². The number of hydrogen-bond donors (Lipinski definition) is 1. The van der Waals surface area contributed by atoms with Crippen molar-refractivity contribution in [2.24, 2.45) is 0 Å². The second-order valence-electron chi connectivity index (χ2n) is 3.90. The van der Waals surface area contributed by atoms with E-state index in [2.05, 4.69) is 10.1 Å². The summed E-state index contributed by atoms with van der Waals surface area (Å²) < 4.78 is 2.03. The van der Waals surface area contributed by atoms with E-state index in [-0.39, 0.29) is 0 Å². The van der Waals surface area contributed by atoms with Crippen molar-refractivity contribution in [3.8, 4) is 0 Å². The van der Waals surface area contributed by atoms with Crippen LogP contribution in [0.25, 0.3) is 11.0 Å². The minimum absolute atomic E-state index is 0.572. The lowest BCUT2D eigenvalue weighted by atomic mass is 10.2. The van der Waals surface area contributed by atoms with Gasteiger partial charge in [-0.3, -0.25) is 0 Å². The van der Waals surface area contributed by atoms with E-state index in [1.54, 1.807) is 6.20 Å². The number of fused-ring (bicyclic) bond motifs is 1. The standard InChI is InChI=1S/C10H12N4/c1-6-9-4-7(11)5-12-10(9)14(13-6)8-2-3-8/h4-5,8H,2-3,11H2,1H3. The van der Waals surface area contributed by atoms with Crippen LogP contribution in [0.3, 0.4) is 0 Å². The third-order valence-electron chi connectivity index (χ3n) is 2.65. The van der Waals surface area contributed by atoms with Crippen LogP contribution in [0.4, 0.5) is 5.69 Å². The molecule has 14 heavy (non-hydrogen) atoms. The fraction of sp³-hybridized carbons (Fsp3) is 0.400. The Morgan fingerprint density at radius 3 is 3.00 bits per heavy atom. The number of nitrogen functional groups attached to an aromatic ring is 1. The Morgan fingerprint density at radius 1 is 1.50 bits per heavy atom. The number of pyridine rings is 1. The highest BCUT2D eigenvalue weighted by atomic mass is 15.3. The summed E-state index contributed by atoms with van der Waals surface area (Å²) in [5.74, 6) is 0. The summed E-state index contributed by atoms with van der Waals surface area (Å²) in [4.78, 5) is 4.34. The number of aryl methyl sites for hydroxylation is 1. The average Bonchev–Trinajstić information content (AvgIpc) is 2.94. The van der Waals surface area contributed by atoms with E-state index in [1.807, 2.05) is 17.7 Å². The normalized spacial score (nSPS) is 16.4. The van der Waals surface area contributed by atoms with E-state index < -0.39 is 0 Å². The second kappa shape index (κ2) is 2.47. The molecule has 1 fully saturated rings. The maximum Gasteiger partial charge on any atom is 0.158 e. The molecule has 0 unspecified atom stereocenters. The van der Waals surface area contributed by atoms with E-state index in [0.29, 0.717) is 11.7 Å². The molecular formula is C10H12N4. The fourth-order valence-corrected chi connectivity index (χ4v) is 1.76. The molecule has 2 N–H and O–H groups in total. The molecule has 1 aliphatic carbocycles. The maximum atomic E-state index is 5.69. The van der Waals surface area contributed by atoms with E-state index in [4.69, 9.17) is 5.73 Å². The Kier molecular flexibility index (Phi) is 1.37. The minimum Gasteiger partial charge on any atom is -0.397 e. The molecule has 0 bridgehead atoms. The molecule has 0 spiro atoms. The molecule has 1 aliphatic rings. The third-order valence-corrected chi connectivity index (χ3v) is 2.65. The summed E-state index contributed by atoms with van der Waals surface area (Å²) in [7, 11) is 0. The van der Waals surface area contributed by atoms with Crippen LogP contribution in [0.15, 0.2) is 12.3 Å². The second-order valence-corrected chi connectivity index (χ2v) is 3.90. The van der Waals surface area contributed by atoms with Crippen molar-refractivity contribution in [1.29, 1.82) is 0 Å². The van der Waals surface area contributed by atoms with Gasteiger partial charge in [0.05, 0.1) is 23.6 Å². The van der Waals surface area contributed by atoms with Gasteiger partial charge in [-0.1, -0.05) is 0 Å². The molecule has 2 aromatic heterocycles. The van der Waals surface area contributed by atoms with Gasteiger partial charge in [-0.15, -0.1) is 0 Å². The summed E-state index contributed by atoms with van der Waals surface area (Å²) in [6.45, 7) is 2.00. The van der Waals surface area contributed by atoms with Crippen molar-refractivity contribution in [2.45, 2.75) is 25.8 Å². The zero-order valence-corrected chi connectivity index (χ0v) is 8.07. The van der Waals surface area contributed by atoms with Gasteiger partial charge in [-0.25, -0.2) is 9.67 Å². The van der Waals surface area contributed by atoms with Gasteiger partial charge in [0.25, 0.3) is 0 Å². The average molecular weight is 188 g/mol. The number of nitrogens with zero attached hydrogens (tertiary/aromatic N) is 3. The van der Waals surface area contributed by atoms with Crippen LogP contribution in [0, 0.1) is 6.92 Å². The molecule has 1 saturated carbocycles. The Bertz CT molecular complexity index is 496. The van der Waals surface area contributed by atoms with Crippen LogP contribution >= 0.6 is 0 Å². The Balaban J connectivity index is 2.32. The molecule has 0 atom stereocenters. The molecule has 0 aromatic carbocycles. The Labute approximate surface area is 81.7 Å². The van der Waals surface area contributed by atoms with Crippen LogP contribution in [-0.2, 0) is 0 Å². The van der Waals surface area contributed by atoms with Gasteiger partial charge in [0, 0.05) is 5.39 Å². The van der Waals surface area contributed by atoms with Crippen molar-refractivity contribution >= 4 is 16.7 Å². The van der Waals surface area contributed by atoms with Crippen LogP contribution < -0.4 is 5.73 Å². The first-order valence-electron chi connectivity index (χ1n) is 4.86. The van der Waals surface area contributed by atoms with Crippen molar-refractivity contribution in [3.63, 3.8) is 0 Å². The zero-order chi connectivity index (χ0) is 9.71. The largest absolute Gasteiger partial charge is 0.397 e. The van der Waals surface area contributed by atoms with Gasteiger partial charge in [0.15, 0.2) is 5.65 Å². The third kappa shape index (κ3) is 0.999. The van der Waals surface area contributed by atoms with Gasteiger partial charge >= 0.3 is 0 Å². The van der Waals surface area contributed by atoms with Gasteiger partial charge < -0.3 is 5.73 Å². The zero-order valence-electron chi connectivity index (χ0n) is 8.07. The summed E-state index contributed by atoms with van der Waals surface area (Å²) in [5, 5.41) is 5.57. The van der Waals surface area contributed by atoms with Crippen LogP contribution in [0.2, 0.25) is 0 Å². The Morgan fingerprint density at radius 2 is 2.29 bits per heavy atom. The van der Waals surface area contributed by atoms with Crippen LogP contribution in [-0.4, -0.2) is 14.8 Å². The molecular weight excluding hydrogens is 176 g/mol. The highest BCUT2D eigenvalue weighted by Crippen LogP contribution is 2.36. The predicted molar refractivity (Wildman–Crippen MR) is 54.9 cm³/mol. The number of nitrogens with two attached hydrogens (primary N) is 1. The molecule has 4 heteroatoms. The van der Waals surface area contributed by atoms with Gasteiger partial charge in [0.2, 0.25) is 0 Å². The molecule has 72 valence electrons. The molecule has 4 nitrogen and oxygen atoms in total. The monoisotopic (exact) mass is 188 g/mol. The van der Waals surface area contributed by atoms with Gasteiger partial charge in [0.1, 0.15) is 0 Å². The van der Waals surface area contributed by atoms with Crippen molar-refractivity contribution in [2.75, 3.05) is 5.73 Å². The van der Waals surface area contributed by atoms with Crippen LogP contribution in [0.5, 0.6) is 0 Å². The molecule has 2 heterocycles. The summed E-state index contributed by atoms with van der Waals surface area (Å²) in [6.07, 6.45) is 4.15. The van der Waals surface area contributed by atoms with E-state index in [1.165, 1.54) is 12.8 Å². The number of rotatable bonds is 1.